The third-order valence-electron chi connectivity index (χ3n) is 19.3. The highest BCUT2D eigenvalue weighted by molar-refractivity contribution is 9.09. The van der Waals surface area contributed by atoms with Crippen LogP contribution in [0.5, 0.6) is 0 Å². The van der Waals surface area contributed by atoms with Crippen molar-refractivity contribution in [3.63, 3.8) is 0 Å². The minimum absolute atomic E-state index is 0.102. The number of nitrogen functional groups attached to an aromatic ring is 1. The number of aliphatic carboxylic acids is 1. The lowest BCUT2D eigenvalue weighted by Crippen LogP contribution is -2.22. The number of benzene rings is 9. The Hall–Kier alpha value is -12.0. The molecular formula is C94H111BrN14O9Si2. The Morgan fingerprint density at radius 1 is 0.458 bits per heavy atom. The highest BCUT2D eigenvalue weighted by Crippen LogP contribution is 2.33. The lowest BCUT2D eigenvalue weighted by molar-refractivity contribution is -0.131. The average Bonchev–Trinajstić information content (AvgIpc) is 1.67. The molecule has 12 aromatic rings. The average molecular weight is 1720 g/mol. The number of para-hydroxylation sites is 3. The summed E-state index contributed by atoms with van der Waals surface area (Å²) in [6.45, 7) is 23.2. The van der Waals surface area contributed by atoms with Crippen molar-refractivity contribution in [3.05, 3.63) is 272 Å². The summed E-state index contributed by atoms with van der Waals surface area (Å²) in [5.41, 5.74) is 19.6. The molecule has 9 N–H and O–H groups in total. The van der Waals surface area contributed by atoms with E-state index >= 15 is 0 Å². The first-order valence-corrected chi connectivity index (χ1v) is 48.4. The SMILES string of the molecule is CC(C(=O)Nc1n[nH]c2ccccc12)c1cccc(-c2ccc(NC(=O)/C=C/CN(C)C)cc2)c1.CC(C(=O)Nc1nn(COCC[Si](C)(C)C)c2ccccc12)c1cccc(-c2ccc(N)cc2)c1.CC(C(=O)Nc1nn(COCC[Si](C)(C)C)c2ccccc12)c1cccc(-c2ccc(NC(=O)/C=C/CN(C)C)cc2)c1.O=C(O)/C=C/CBr. The molecule has 0 aliphatic rings. The van der Waals surface area contributed by atoms with Gasteiger partial charge in [0.05, 0.1) is 34.3 Å². The number of anilines is 6. The van der Waals surface area contributed by atoms with E-state index in [9.17, 15) is 28.8 Å². The minimum Gasteiger partial charge on any atom is -0.478 e. The van der Waals surface area contributed by atoms with Crippen LogP contribution in [-0.4, -0.2) is 156 Å². The first-order chi connectivity index (χ1) is 57.4. The number of alkyl halides is 1. The quantitative estimate of drug-likeness (QED) is 0.00639. The third-order valence-corrected chi connectivity index (χ3v) is 23.1. The van der Waals surface area contributed by atoms with Gasteiger partial charge in [-0.15, -0.1) is 0 Å². The predicted molar refractivity (Wildman–Crippen MR) is 498 cm³/mol. The molecule has 5 amide bonds. The Balaban J connectivity index is 0.000000198. The summed E-state index contributed by atoms with van der Waals surface area (Å²) in [6, 6.07) is 72.7. The molecule has 3 heterocycles. The summed E-state index contributed by atoms with van der Waals surface area (Å²) in [6.07, 6.45) is 9.33. The summed E-state index contributed by atoms with van der Waals surface area (Å²) >= 11 is 3.03. The van der Waals surface area contributed by atoms with Gasteiger partial charge < -0.3 is 56.7 Å². The second kappa shape index (κ2) is 44.7. The molecule has 23 nitrogen and oxygen atoms in total. The molecule has 3 atom stereocenters. The highest BCUT2D eigenvalue weighted by atomic mass is 79.9. The molecule has 9 aromatic carbocycles. The lowest BCUT2D eigenvalue weighted by Gasteiger charge is -2.15. The van der Waals surface area contributed by atoms with Gasteiger partial charge >= 0.3 is 5.97 Å². The van der Waals surface area contributed by atoms with E-state index in [2.05, 4.69) is 103 Å². The van der Waals surface area contributed by atoms with E-state index in [4.69, 9.17) is 25.4 Å². The normalized spacial score (nSPS) is 12.3. The zero-order valence-corrected chi connectivity index (χ0v) is 74.2. The van der Waals surface area contributed by atoms with Crippen molar-refractivity contribution in [2.45, 2.75) is 103 Å². The third kappa shape index (κ3) is 28.6. The number of H-pyrrole nitrogens is 1. The summed E-state index contributed by atoms with van der Waals surface area (Å²) in [4.78, 5) is 77.4. The van der Waals surface area contributed by atoms with Gasteiger partial charge in [-0.25, -0.2) is 14.2 Å². The van der Waals surface area contributed by atoms with Crippen molar-refractivity contribution < 1.29 is 43.3 Å². The maximum atomic E-state index is 13.4. The molecule has 0 fully saturated rings. The molecule has 0 radical (unpaired) electrons. The first kappa shape index (κ1) is 91.9. The zero-order valence-electron chi connectivity index (χ0n) is 70.6. The Morgan fingerprint density at radius 2 is 0.825 bits per heavy atom. The molecule has 0 aliphatic heterocycles. The molecule has 0 saturated carbocycles. The summed E-state index contributed by atoms with van der Waals surface area (Å²) < 4.78 is 15.5. The van der Waals surface area contributed by atoms with Gasteiger partial charge in [0.25, 0.3) is 0 Å². The molecule has 120 heavy (non-hydrogen) atoms. The predicted octanol–water partition coefficient (Wildman–Crippen LogP) is 19.2. The van der Waals surface area contributed by atoms with Gasteiger partial charge in [-0.05, 0) is 184 Å². The Kier molecular flexibility index (Phi) is 34.2. The summed E-state index contributed by atoms with van der Waals surface area (Å²) in [7, 11) is 5.46. The maximum Gasteiger partial charge on any atom is 0.328 e. The van der Waals surface area contributed by atoms with E-state index in [0.29, 0.717) is 62.5 Å². The molecule has 26 heteroatoms. The van der Waals surface area contributed by atoms with Gasteiger partial charge in [-0.1, -0.05) is 219 Å². The highest BCUT2D eigenvalue weighted by Gasteiger charge is 2.24. The van der Waals surface area contributed by atoms with E-state index in [1.54, 1.807) is 6.08 Å². The molecule has 3 unspecified atom stereocenters. The van der Waals surface area contributed by atoms with E-state index in [1.807, 2.05) is 293 Å². The Bertz CT molecular complexity index is 5510. The number of nitrogens with zero attached hydrogens (tertiary/aromatic N) is 7. The van der Waals surface area contributed by atoms with Crippen molar-refractivity contribution in [3.8, 4) is 33.4 Å². The number of ether oxygens (including phenoxy) is 2. The van der Waals surface area contributed by atoms with Crippen LogP contribution in [0.2, 0.25) is 51.4 Å². The number of nitrogens with one attached hydrogen (secondary N) is 6. The summed E-state index contributed by atoms with van der Waals surface area (Å²) in [5, 5.41) is 42.5. The fourth-order valence-corrected chi connectivity index (χ4v) is 14.0. The van der Waals surface area contributed by atoms with Crippen LogP contribution < -0.4 is 32.3 Å². The second-order valence-electron chi connectivity index (χ2n) is 32.0. The fraction of sp³-hybridized carbons (Fsp3) is 0.266. The van der Waals surface area contributed by atoms with Gasteiger partial charge in [-0.2, -0.15) is 15.3 Å². The summed E-state index contributed by atoms with van der Waals surface area (Å²) in [5.74, 6) is -1.07. The monoisotopic (exact) mass is 1710 g/mol. The van der Waals surface area contributed by atoms with E-state index < -0.39 is 28.0 Å². The van der Waals surface area contributed by atoms with Crippen LogP contribution in [0.3, 0.4) is 0 Å². The van der Waals surface area contributed by atoms with E-state index in [-0.39, 0.29) is 41.4 Å². The standard InChI is InChI=1S/C34H43N5O3Si.C28H29N5O2.C28H34N4O2Si.C4H5BrO2/c1-25(34(41)36-33-30-13-7-8-14-31(30)39(37-33)24-42-21-22-43(4,5)6)27-11-9-12-28(23-27)26-16-18-29(19-17-26)35-32(40)15-10-20-38(2)3;1-19(28(35)30-27-24-10-4-5-11-25(24)31-32-27)21-8-6-9-22(18-21)20-13-15-23(16-14-20)29-26(34)12-7-17-33(2)3;1-20(22-8-7-9-23(18-22)21-12-14-24(29)15-13-21)28(33)30-27-25-10-5-6-11-26(25)32(31-27)19-34-16-17-35(2,3)4;5-3-1-2-4(6)7/h7-19,23,25H,20-22,24H2,1-6H3,(H,35,40)(H,36,37,41);4-16,18-19H,17H2,1-3H3,(H,29,34)(H2,30,31,32,35);5-15,18,20H,16-17,19,29H2,1-4H3,(H,30,31,33);1-2H,3H2,(H,6,7)/b15-10+;12-7+;;2-1+. The van der Waals surface area contributed by atoms with Gasteiger partial charge in [0.1, 0.15) is 13.5 Å². The Morgan fingerprint density at radius 3 is 1.19 bits per heavy atom. The smallest absolute Gasteiger partial charge is 0.328 e. The number of aromatic amines is 1. The van der Waals surface area contributed by atoms with Crippen molar-refractivity contribution in [1.29, 1.82) is 0 Å². The number of carboxylic acids is 1. The van der Waals surface area contributed by atoms with Crippen molar-refractivity contribution in [2.75, 3.05) is 92.1 Å². The molecule has 0 aliphatic carbocycles. The second-order valence-corrected chi connectivity index (χ2v) is 43.9. The molecule has 12 rings (SSSR count). The van der Waals surface area contributed by atoms with Crippen LogP contribution in [0, 0.1) is 0 Å². The molecular weight excluding hydrogens is 1610 g/mol. The maximum absolute atomic E-state index is 13.4. The van der Waals surface area contributed by atoms with Crippen LogP contribution in [0.4, 0.5) is 34.5 Å². The molecule has 0 saturated heterocycles. The number of hydrogen-bond acceptors (Lipinski definition) is 14. The number of carbonyl (C=O) groups excluding carboxylic acids is 5. The molecule has 0 bridgehead atoms. The number of fused-ring (bicyclic) bond motifs is 3. The molecule has 626 valence electrons. The number of allylic oxidation sites excluding steroid dienone is 1. The zero-order chi connectivity index (χ0) is 86.5. The van der Waals surface area contributed by atoms with Crippen LogP contribution >= 0.6 is 15.9 Å². The lowest BCUT2D eigenvalue weighted by atomic mass is 9.95. The van der Waals surface area contributed by atoms with Gasteiger partial charge in [0, 0.05) is 99.2 Å². The molecule has 0 spiro atoms. The molecule has 3 aromatic heterocycles. The number of hydrogen-bond donors (Lipinski definition) is 8. The van der Waals surface area contributed by atoms with Crippen LogP contribution in [0.25, 0.3) is 66.1 Å². The largest absolute Gasteiger partial charge is 0.478 e. The number of likely N-dealkylation sites (N-methyl/N-ethyl adjacent to an activating group) is 2. The van der Waals surface area contributed by atoms with E-state index in [0.717, 1.165) is 118 Å². The number of carboxylic acid groups (broad SMARTS) is 1. The van der Waals surface area contributed by atoms with Gasteiger partial charge in [0.15, 0.2) is 17.5 Å². The topological polar surface area (TPSA) is 298 Å². The fourth-order valence-electron chi connectivity index (χ4n) is 12.3. The number of rotatable bonds is 32. The number of nitrogens with two attached hydrogens (primary N) is 1. The van der Waals surface area contributed by atoms with Gasteiger partial charge in [0.2, 0.25) is 29.5 Å². The first-order valence-electron chi connectivity index (χ1n) is 39.9. The van der Waals surface area contributed by atoms with Crippen molar-refractivity contribution in [1.82, 2.24) is 39.6 Å². The van der Waals surface area contributed by atoms with Crippen molar-refractivity contribution in [2.24, 2.45) is 0 Å². The number of halogens is 1. The van der Waals surface area contributed by atoms with Gasteiger partial charge in [-0.3, -0.25) is 29.1 Å². The minimum atomic E-state index is -1.18. The van der Waals surface area contributed by atoms with Crippen LogP contribution in [-0.2, 0) is 51.7 Å². The number of amides is 5. The number of carbonyl (C=O) groups is 6. The van der Waals surface area contributed by atoms with Crippen molar-refractivity contribution >= 4 is 135 Å². The van der Waals surface area contributed by atoms with E-state index in [1.165, 1.54) is 12.2 Å². The van der Waals surface area contributed by atoms with Crippen LogP contribution in [0.15, 0.2) is 255 Å². The Labute approximate surface area is 713 Å². The van der Waals surface area contributed by atoms with Crippen LogP contribution in [0.1, 0.15) is 55.2 Å². The number of aromatic nitrogens is 6.